The summed E-state index contributed by atoms with van der Waals surface area (Å²) >= 11 is 0. The molecule has 1 unspecified atom stereocenters. The van der Waals surface area contributed by atoms with Crippen LogP contribution >= 0.6 is 0 Å². The summed E-state index contributed by atoms with van der Waals surface area (Å²) in [6.07, 6.45) is 86.5. The van der Waals surface area contributed by atoms with Gasteiger partial charge in [-0.3, -0.25) is 14.4 Å². The molecule has 0 aliphatic carbocycles. The number of unbranched alkanes of at least 4 members (excludes halogenated alkanes) is 28. The quantitative estimate of drug-likeness (QED) is 0.0261. The maximum atomic E-state index is 12.9. The lowest BCUT2D eigenvalue weighted by atomic mass is 10.1. The number of hydrogen-bond acceptors (Lipinski definition) is 6. The normalized spacial score (nSPS) is 12.8. The third-order valence-corrected chi connectivity index (χ3v) is 13.5. The van der Waals surface area contributed by atoms with Gasteiger partial charge < -0.3 is 14.2 Å². The molecule has 0 rings (SSSR count). The first-order valence-corrected chi connectivity index (χ1v) is 31.9. The van der Waals surface area contributed by atoms with Crippen molar-refractivity contribution in [2.24, 2.45) is 0 Å². The largest absolute Gasteiger partial charge is 0.462 e. The maximum Gasteiger partial charge on any atom is 0.306 e. The van der Waals surface area contributed by atoms with Gasteiger partial charge in [-0.25, -0.2) is 0 Å². The first kappa shape index (κ1) is 72.1. The van der Waals surface area contributed by atoms with E-state index in [-0.39, 0.29) is 31.1 Å². The van der Waals surface area contributed by atoms with Gasteiger partial charge in [-0.1, -0.05) is 259 Å². The van der Waals surface area contributed by atoms with Gasteiger partial charge in [-0.2, -0.15) is 0 Å². The fourth-order valence-electron chi connectivity index (χ4n) is 8.71. The van der Waals surface area contributed by atoms with E-state index in [1.807, 2.05) is 0 Å². The molecule has 0 saturated heterocycles. The third kappa shape index (κ3) is 60.9. The van der Waals surface area contributed by atoms with Crippen molar-refractivity contribution in [2.45, 2.75) is 303 Å². The molecule has 0 bridgehead atoms. The molecule has 0 aliphatic rings. The minimum Gasteiger partial charge on any atom is -0.462 e. The van der Waals surface area contributed by atoms with Crippen molar-refractivity contribution < 1.29 is 28.6 Å². The smallest absolute Gasteiger partial charge is 0.306 e. The molecule has 0 saturated carbocycles. The summed E-state index contributed by atoms with van der Waals surface area (Å²) in [6.45, 7) is 6.50. The second-order valence-electron chi connectivity index (χ2n) is 20.9. The van der Waals surface area contributed by atoms with Crippen LogP contribution in [-0.4, -0.2) is 37.2 Å². The van der Waals surface area contributed by atoms with E-state index < -0.39 is 6.10 Å². The summed E-state index contributed by atoms with van der Waals surface area (Å²) in [6, 6.07) is 0. The third-order valence-electron chi connectivity index (χ3n) is 13.5. The Morgan fingerprint density at radius 2 is 0.513 bits per heavy atom. The van der Waals surface area contributed by atoms with E-state index in [1.54, 1.807) is 0 Å². The van der Waals surface area contributed by atoms with Crippen molar-refractivity contribution >= 4 is 17.9 Å². The number of carbonyl (C=O) groups excluding carboxylic acids is 3. The molecule has 0 radical (unpaired) electrons. The van der Waals surface area contributed by atoms with Gasteiger partial charge in [0.2, 0.25) is 0 Å². The molecule has 0 amide bonds. The van der Waals surface area contributed by atoms with Crippen LogP contribution in [0.25, 0.3) is 0 Å². The van der Waals surface area contributed by atoms with E-state index in [0.717, 1.165) is 128 Å². The predicted molar refractivity (Wildman–Crippen MR) is 330 cm³/mol. The Hall–Kier alpha value is -3.93. The minimum atomic E-state index is -0.797. The number of hydrogen-bond donors (Lipinski definition) is 0. The molecule has 434 valence electrons. The molecule has 0 aliphatic heterocycles. The highest BCUT2D eigenvalue weighted by Gasteiger charge is 2.19. The van der Waals surface area contributed by atoms with Gasteiger partial charge in [0.05, 0.1) is 0 Å². The summed E-state index contributed by atoms with van der Waals surface area (Å²) in [5, 5.41) is 0. The molecule has 1 atom stereocenters. The van der Waals surface area contributed by atoms with Crippen molar-refractivity contribution in [3.05, 3.63) is 109 Å². The van der Waals surface area contributed by atoms with Crippen LogP contribution in [0.15, 0.2) is 109 Å². The van der Waals surface area contributed by atoms with Crippen molar-refractivity contribution in [1.29, 1.82) is 0 Å². The Bertz CT molecular complexity index is 1540. The SMILES string of the molecule is CC/C=C\C/C=C\C/C=C\C/C=C\C/C=C\CCCCCCCCCC(=O)OCC(COC(=O)CCCCCCC/C=C\CCCCCCC)OC(=O)CCCCCCCC/C=C\C/C=C\C/C=C\CCCCCCC. The Labute approximate surface area is 470 Å². The van der Waals surface area contributed by atoms with E-state index in [9.17, 15) is 14.4 Å². The summed E-state index contributed by atoms with van der Waals surface area (Å²) in [7, 11) is 0. The summed E-state index contributed by atoms with van der Waals surface area (Å²) in [5.41, 5.74) is 0. The van der Waals surface area contributed by atoms with E-state index in [2.05, 4.69) is 130 Å². The zero-order valence-electron chi connectivity index (χ0n) is 49.7. The fourth-order valence-corrected chi connectivity index (χ4v) is 8.71. The fraction of sp³-hybridized carbons (Fsp3) is 0.700. The lowest BCUT2D eigenvalue weighted by Crippen LogP contribution is -2.30. The van der Waals surface area contributed by atoms with Crippen LogP contribution < -0.4 is 0 Å². The summed E-state index contributed by atoms with van der Waals surface area (Å²) < 4.78 is 16.9. The van der Waals surface area contributed by atoms with Gasteiger partial charge in [0, 0.05) is 19.3 Å². The van der Waals surface area contributed by atoms with Gasteiger partial charge in [0.25, 0.3) is 0 Å². The van der Waals surface area contributed by atoms with Crippen LogP contribution in [0.5, 0.6) is 0 Å². The standard InChI is InChI=1S/C70H118O6/c1-4-7-10-13-16-19-22-25-28-30-32-34-35-37-38-40-42-45-48-51-54-57-60-63-69(72)75-66-67(65-74-68(71)62-59-56-53-50-47-44-27-24-21-18-15-12-9-6-3)76-70(73)64-61-58-55-52-49-46-43-41-39-36-33-31-29-26-23-20-17-14-11-8-5-2/h7,10,16,19,23-28,31-34,37-39,41,67H,4-6,8-9,11-15,17-18,20-22,29-30,35-36,40,42-66H2,1-3H3/b10-7-,19-16-,26-23-,27-24-,28-25-,33-31-,34-32-,38-37-,41-39-. The molecule has 0 heterocycles. The van der Waals surface area contributed by atoms with Crippen molar-refractivity contribution in [3.63, 3.8) is 0 Å². The lowest BCUT2D eigenvalue weighted by Gasteiger charge is -2.18. The van der Waals surface area contributed by atoms with Gasteiger partial charge >= 0.3 is 17.9 Å². The molecule has 0 N–H and O–H groups in total. The van der Waals surface area contributed by atoms with Gasteiger partial charge in [-0.05, 0) is 128 Å². The average molecular weight is 1060 g/mol. The molecular weight excluding hydrogens is 937 g/mol. The van der Waals surface area contributed by atoms with Crippen LogP contribution in [0.4, 0.5) is 0 Å². The van der Waals surface area contributed by atoms with Gasteiger partial charge in [0.1, 0.15) is 13.2 Å². The van der Waals surface area contributed by atoms with E-state index in [0.29, 0.717) is 19.3 Å². The van der Waals surface area contributed by atoms with Crippen molar-refractivity contribution in [1.82, 2.24) is 0 Å². The first-order chi connectivity index (χ1) is 37.5. The van der Waals surface area contributed by atoms with Crippen LogP contribution in [0.2, 0.25) is 0 Å². The monoisotopic (exact) mass is 1050 g/mol. The molecule has 0 aromatic carbocycles. The number of allylic oxidation sites excluding steroid dienone is 18. The molecule has 6 heteroatoms. The predicted octanol–water partition coefficient (Wildman–Crippen LogP) is 21.8. The molecule has 0 aromatic heterocycles. The molecule has 6 nitrogen and oxygen atoms in total. The molecule has 0 fully saturated rings. The van der Waals surface area contributed by atoms with E-state index >= 15 is 0 Å². The van der Waals surface area contributed by atoms with Gasteiger partial charge in [0.15, 0.2) is 6.10 Å². The Balaban J connectivity index is 4.42. The molecule has 0 aromatic rings. The van der Waals surface area contributed by atoms with E-state index in [1.165, 1.54) is 128 Å². The zero-order chi connectivity index (χ0) is 55.0. The van der Waals surface area contributed by atoms with Crippen molar-refractivity contribution in [2.75, 3.05) is 13.2 Å². The number of rotatable bonds is 57. The summed E-state index contributed by atoms with van der Waals surface area (Å²) in [5.74, 6) is -0.917. The molecule has 76 heavy (non-hydrogen) atoms. The number of carbonyl (C=O) groups is 3. The van der Waals surface area contributed by atoms with Crippen LogP contribution in [0.1, 0.15) is 297 Å². The molecular formula is C70H118O6. The van der Waals surface area contributed by atoms with E-state index in [4.69, 9.17) is 14.2 Å². The Morgan fingerprint density at radius 1 is 0.276 bits per heavy atom. The van der Waals surface area contributed by atoms with Crippen molar-refractivity contribution in [3.8, 4) is 0 Å². The maximum absolute atomic E-state index is 12.9. The molecule has 0 spiro atoms. The van der Waals surface area contributed by atoms with Crippen LogP contribution in [-0.2, 0) is 28.6 Å². The summed E-state index contributed by atoms with van der Waals surface area (Å²) in [4.78, 5) is 38.3. The first-order valence-electron chi connectivity index (χ1n) is 31.9. The highest BCUT2D eigenvalue weighted by atomic mass is 16.6. The average Bonchev–Trinajstić information content (AvgIpc) is 3.42. The second kappa shape index (κ2) is 63.6. The number of ether oxygens (including phenoxy) is 3. The van der Waals surface area contributed by atoms with Crippen LogP contribution in [0.3, 0.4) is 0 Å². The Kier molecular flexibility index (Phi) is 60.3. The zero-order valence-corrected chi connectivity index (χ0v) is 49.7. The Morgan fingerprint density at radius 3 is 0.816 bits per heavy atom. The highest BCUT2D eigenvalue weighted by molar-refractivity contribution is 5.71. The van der Waals surface area contributed by atoms with Gasteiger partial charge in [-0.15, -0.1) is 0 Å². The van der Waals surface area contributed by atoms with Crippen LogP contribution in [0, 0.1) is 0 Å². The second-order valence-corrected chi connectivity index (χ2v) is 20.9. The highest BCUT2D eigenvalue weighted by Crippen LogP contribution is 2.15. The number of esters is 3. The lowest BCUT2D eigenvalue weighted by molar-refractivity contribution is -0.167. The topological polar surface area (TPSA) is 78.9 Å². The minimum absolute atomic E-state index is 0.0920.